The minimum absolute atomic E-state index is 0.0577. The van der Waals surface area contributed by atoms with Crippen LogP contribution in [0.3, 0.4) is 0 Å². The summed E-state index contributed by atoms with van der Waals surface area (Å²) in [6.45, 7) is 0.760. The smallest absolute Gasteiger partial charge is 0.401 e. The summed E-state index contributed by atoms with van der Waals surface area (Å²) in [5.41, 5.74) is -1.48. The van der Waals surface area contributed by atoms with Gasteiger partial charge in [0.05, 0.1) is 31.9 Å². The number of rotatable bonds is 16. The van der Waals surface area contributed by atoms with E-state index in [4.69, 9.17) is 14.6 Å². The Morgan fingerprint density at radius 1 is 0.610 bits per heavy atom. The van der Waals surface area contributed by atoms with Crippen molar-refractivity contribution in [2.24, 2.45) is 41.4 Å². The third-order valence-electron chi connectivity index (χ3n) is 12.4. The molecule has 2 aliphatic heterocycles. The standard InChI is InChI=1S/C23H28F5NO2.C19H22F5NO3/c24-19-11-17(12-20(25)22(19)21(30)9-14-1-2-14)31-8-5-16-10-18(16)15-3-6-29(7-4-15)13-23(26,27)28;20-15-8-13(9-16(21)17(15)18(26)27)28-6-3-12-7-14(12)11-1-4-25(5-2-11)10-19(22,23)24/h11-12,14-16,18H,1-10,13H2;8-9,11-12,14H,1-7,10H2,(H,26,27)/t16-,18-;12-,14-/m11/s1. The number of carbonyl (C=O) groups is 2. The molecule has 59 heavy (non-hydrogen) atoms. The third kappa shape index (κ3) is 13.4. The Kier molecular flexibility index (Phi) is 14.5. The Bertz CT molecular complexity index is 1720. The molecular formula is C42H50F10N2O5. The van der Waals surface area contributed by atoms with E-state index in [1.54, 1.807) is 0 Å². The van der Waals surface area contributed by atoms with Crippen molar-refractivity contribution in [2.75, 3.05) is 52.5 Å². The maximum absolute atomic E-state index is 14.3. The lowest BCUT2D eigenvalue weighted by Gasteiger charge is -2.32. The number of hydrogen-bond donors (Lipinski definition) is 1. The van der Waals surface area contributed by atoms with Crippen molar-refractivity contribution in [3.63, 3.8) is 0 Å². The van der Waals surface area contributed by atoms with Crippen LogP contribution in [0.1, 0.15) is 91.3 Å². The van der Waals surface area contributed by atoms with Crippen LogP contribution in [0.4, 0.5) is 43.9 Å². The van der Waals surface area contributed by atoms with Crippen LogP contribution in [0, 0.1) is 64.7 Å². The molecule has 7 rings (SSSR count). The van der Waals surface area contributed by atoms with Crippen molar-refractivity contribution >= 4 is 11.8 Å². The lowest BCUT2D eigenvalue weighted by Crippen LogP contribution is -2.40. The molecule has 3 saturated carbocycles. The first-order valence-corrected chi connectivity index (χ1v) is 20.4. The van der Waals surface area contributed by atoms with E-state index in [1.807, 2.05) is 0 Å². The molecule has 2 saturated heterocycles. The number of aromatic carboxylic acids is 1. The Balaban J connectivity index is 0.000000199. The second kappa shape index (κ2) is 19.0. The van der Waals surface area contributed by atoms with E-state index in [9.17, 15) is 53.5 Å². The topological polar surface area (TPSA) is 79.3 Å². The predicted molar refractivity (Wildman–Crippen MR) is 195 cm³/mol. The highest BCUT2D eigenvalue weighted by Gasteiger charge is 2.45. The first-order chi connectivity index (χ1) is 27.8. The number of likely N-dealkylation sites (tertiary alicyclic amines) is 2. The zero-order chi connectivity index (χ0) is 42.6. The van der Waals surface area contributed by atoms with Gasteiger partial charge < -0.3 is 14.6 Å². The molecule has 0 amide bonds. The van der Waals surface area contributed by atoms with Gasteiger partial charge in [0.1, 0.15) is 40.3 Å². The van der Waals surface area contributed by atoms with E-state index < -0.39 is 71.6 Å². The average molecular weight is 853 g/mol. The monoisotopic (exact) mass is 852 g/mol. The highest BCUT2D eigenvalue weighted by molar-refractivity contribution is 5.97. The molecule has 0 unspecified atom stereocenters. The summed E-state index contributed by atoms with van der Waals surface area (Å²) in [5.74, 6) is -3.32. The van der Waals surface area contributed by atoms with Gasteiger partial charge in [-0.3, -0.25) is 14.6 Å². The highest BCUT2D eigenvalue weighted by atomic mass is 19.4. The van der Waals surface area contributed by atoms with Crippen LogP contribution in [-0.4, -0.2) is 91.5 Å². The van der Waals surface area contributed by atoms with Crippen LogP contribution in [-0.2, 0) is 0 Å². The third-order valence-corrected chi connectivity index (χ3v) is 12.4. The summed E-state index contributed by atoms with van der Waals surface area (Å²) in [6, 6.07) is 3.86. The quantitative estimate of drug-likeness (QED) is 0.133. The van der Waals surface area contributed by atoms with Crippen LogP contribution >= 0.6 is 0 Å². The van der Waals surface area contributed by atoms with Crippen molar-refractivity contribution in [1.29, 1.82) is 0 Å². The number of piperidine rings is 2. The molecule has 0 spiro atoms. The van der Waals surface area contributed by atoms with Gasteiger partial charge in [-0.1, -0.05) is 0 Å². The van der Waals surface area contributed by atoms with Crippen molar-refractivity contribution < 1.29 is 68.1 Å². The Morgan fingerprint density at radius 3 is 1.32 bits per heavy atom. The zero-order valence-corrected chi connectivity index (χ0v) is 32.5. The van der Waals surface area contributed by atoms with E-state index in [2.05, 4.69) is 0 Å². The number of benzene rings is 2. The summed E-state index contributed by atoms with van der Waals surface area (Å²) in [4.78, 5) is 25.7. The number of carbonyl (C=O) groups excluding carboxylic acids is 1. The number of Topliss-reactive ketones (excluding diaryl/α,β-unsaturated/α-hetero) is 1. The van der Waals surface area contributed by atoms with E-state index >= 15 is 0 Å². The van der Waals surface area contributed by atoms with Gasteiger partial charge in [-0.05, 0) is 132 Å². The summed E-state index contributed by atoms with van der Waals surface area (Å²) < 4.78 is 141. The molecule has 3 aliphatic carbocycles. The molecule has 17 heteroatoms. The summed E-state index contributed by atoms with van der Waals surface area (Å²) in [5, 5.41) is 8.74. The first kappa shape index (κ1) is 44.9. The number of carboxylic acids is 1. The molecule has 7 nitrogen and oxygen atoms in total. The molecular weight excluding hydrogens is 802 g/mol. The number of ketones is 1. The lowest BCUT2D eigenvalue weighted by atomic mass is 9.90. The number of carboxylic acid groups (broad SMARTS) is 1. The van der Waals surface area contributed by atoms with Gasteiger partial charge in [-0.2, -0.15) is 26.3 Å². The van der Waals surface area contributed by atoms with Gasteiger partial charge in [-0.25, -0.2) is 22.4 Å². The fourth-order valence-corrected chi connectivity index (χ4v) is 9.03. The fraction of sp³-hybridized carbons (Fsp3) is 0.667. The van der Waals surface area contributed by atoms with Gasteiger partial charge in [-0.15, -0.1) is 0 Å². The van der Waals surface area contributed by atoms with Crippen molar-refractivity contribution in [3.8, 4) is 11.5 Å². The Labute approximate surface area is 336 Å². The molecule has 1 N–H and O–H groups in total. The van der Waals surface area contributed by atoms with Crippen LogP contribution in [0.25, 0.3) is 0 Å². The second-order valence-electron chi connectivity index (χ2n) is 17.0. The van der Waals surface area contributed by atoms with Crippen LogP contribution in [0.15, 0.2) is 24.3 Å². The average Bonchev–Trinajstić information content (AvgIpc) is 4.01. The number of nitrogens with zero attached hydrogens (tertiary/aromatic N) is 2. The van der Waals surface area contributed by atoms with Crippen LogP contribution in [0.5, 0.6) is 11.5 Å². The second-order valence-corrected chi connectivity index (χ2v) is 17.0. The number of ether oxygens (including phenoxy) is 2. The Hall–Kier alpha value is -3.60. The fourth-order valence-electron chi connectivity index (χ4n) is 9.03. The van der Waals surface area contributed by atoms with E-state index in [-0.39, 0.29) is 30.4 Å². The molecule has 4 atom stereocenters. The van der Waals surface area contributed by atoms with E-state index in [0.29, 0.717) is 74.7 Å². The summed E-state index contributed by atoms with van der Waals surface area (Å²) in [6.07, 6.45) is 0.297. The minimum atomic E-state index is -4.16. The van der Waals surface area contributed by atoms with Crippen molar-refractivity contribution in [2.45, 2.75) is 83.0 Å². The number of halogens is 10. The molecule has 328 valence electrons. The van der Waals surface area contributed by atoms with Gasteiger partial charge in [0.15, 0.2) is 5.78 Å². The summed E-state index contributed by atoms with van der Waals surface area (Å²) >= 11 is 0. The van der Waals surface area contributed by atoms with Gasteiger partial charge >= 0.3 is 18.3 Å². The Morgan fingerprint density at radius 2 is 0.983 bits per heavy atom. The lowest BCUT2D eigenvalue weighted by molar-refractivity contribution is -0.149. The predicted octanol–water partition coefficient (Wildman–Crippen LogP) is 9.97. The maximum Gasteiger partial charge on any atom is 0.401 e. The van der Waals surface area contributed by atoms with E-state index in [1.165, 1.54) is 9.80 Å². The van der Waals surface area contributed by atoms with Crippen molar-refractivity contribution in [3.05, 3.63) is 58.7 Å². The van der Waals surface area contributed by atoms with Crippen LogP contribution in [0.2, 0.25) is 0 Å². The highest BCUT2D eigenvalue weighted by Crippen LogP contribution is 2.51. The summed E-state index contributed by atoms with van der Waals surface area (Å²) in [7, 11) is 0. The minimum Gasteiger partial charge on any atom is -0.493 e. The van der Waals surface area contributed by atoms with Gasteiger partial charge in [0, 0.05) is 30.7 Å². The SMILES string of the molecule is O=C(CC1CC1)c1c(F)cc(OCC[C@@H]2C[C@@H]2C2CCN(CC(F)(F)F)CC2)cc1F.O=C(O)c1c(F)cc(OCC[C@@H]2C[C@@H]2C2CCN(CC(F)(F)F)CC2)cc1F. The molecule has 5 fully saturated rings. The number of hydrogen-bond acceptors (Lipinski definition) is 6. The molecule has 2 aromatic rings. The van der Waals surface area contributed by atoms with Gasteiger partial charge in [0.2, 0.25) is 0 Å². The molecule has 0 radical (unpaired) electrons. The molecule has 2 heterocycles. The molecule has 0 aromatic heterocycles. The van der Waals surface area contributed by atoms with E-state index in [0.717, 1.165) is 82.1 Å². The van der Waals surface area contributed by atoms with Crippen molar-refractivity contribution in [1.82, 2.24) is 9.80 Å². The molecule has 0 bridgehead atoms. The zero-order valence-electron chi connectivity index (χ0n) is 32.5. The number of alkyl halides is 6. The normalized spacial score (nSPS) is 24.3. The largest absolute Gasteiger partial charge is 0.493 e. The van der Waals surface area contributed by atoms with Crippen LogP contribution < -0.4 is 9.47 Å². The molecule has 5 aliphatic rings. The van der Waals surface area contributed by atoms with Gasteiger partial charge in [0.25, 0.3) is 0 Å². The molecule has 2 aromatic carbocycles. The maximum atomic E-state index is 14.3. The first-order valence-electron chi connectivity index (χ1n) is 20.4.